The van der Waals surface area contributed by atoms with Crippen molar-refractivity contribution < 1.29 is 0 Å². The van der Waals surface area contributed by atoms with Crippen LogP contribution in [0.2, 0.25) is 0 Å². The molecule has 57 heavy (non-hydrogen) atoms. The van der Waals surface area contributed by atoms with E-state index in [1.54, 1.807) is 0 Å². The highest BCUT2D eigenvalue weighted by molar-refractivity contribution is 6.13. The quantitative estimate of drug-likeness (QED) is 0.141. The predicted molar refractivity (Wildman–Crippen MR) is 243 cm³/mol. The first-order valence-corrected chi connectivity index (χ1v) is 19.6. The smallest absolute Gasteiger partial charge is 0.0468 e. The van der Waals surface area contributed by atoms with Gasteiger partial charge in [-0.3, -0.25) is 0 Å². The minimum atomic E-state index is 1.09. The number of benzene rings is 10. The molecule has 10 aromatic rings. The van der Waals surface area contributed by atoms with E-state index in [2.05, 4.69) is 241 Å². The zero-order chi connectivity index (χ0) is 38.0. The van der Waals surface area contributed by atoms with Gasteiger partial charge in [0.05, 0.1) is 0 Å². The Kier molecular flexibility index (Phi) is 8.95. The van der Waals surface area contributed by atoms with Gasteiger partial charge in [-0.05, 0) is 126 Å². The van der Waals surface area contributed by atoms with E-state index in [9.17, 15) is 0 Å². The van der Waals surface area contributed by atoms with Gasteiger partial charge in [0, 0.05) is 17.1 Å². The Hall–Kier alpha value is -7.48. The topological polar surface area (TPSA) is 3.24 Å². The summed E-state index contributed by atoms with van der Waals surface area (Å²) in [7, 11) is 0. The molecule has 0 heterocycles. The molecular weight excluding hydrogens is 687 g/mol. The van der Waals surface area contributed by atoms with Gasteiger partial charge in [0.15, 0.2) is 0 Å². The third-order valence-corrected chi connectivity index (χ3v) is 11.1. The first-order chi connectivity index (χ1) is 28.3. The normalized spacial score (nSPS) is 11.2. The number of fused-ring (bicyclic) bond motifs is 3. The van der Waals surface area contributed by atoms with E-state index in [1.165, 1.54) is 77.2 Å². The average Bonchev–Trinajstić information content (AvgIpc) is 3.30. The number of hydrogen-bond donors (Lipinski definition) is 0. The summed E-state index contributed by atoms with van der Waals surface area (Å²) in [4.78, 5) is 2.38. The second-order valence-corrected chi connectivity index (χ2v) is 14.5. The minimum absolute atomic E-state index is 1.09. The summed E-state index contributed by atoms with van der Waals surface area (Å²) >= 11 is 0. The molecule has 0 saturated carbocycles. The average molecular weight is 726 g/mol. The highest BCUT2D eigenvalue weighted by Crippen LogP contribution is 2.43. The standard InChI is InChI=1S/C56H39N/c1-4-15-40(16-5-1)42-27-31-48(32-28-42)57(49-33-29-44(30-34-49)55-38-47-21-10-11-24-51(47)53-25-12-13-26-54(53)55)50-35-36-52(56(39-50)43-19-8-3-9-20-43)46-23-14-22-45(37-46)41-17-6-2-7-18-41/h1-39H. The summed E-state index contributed by atoms with van der Waals surface area (Å²) in [6.07, 6.45) is 0. The van der Waals surface area contributed by atoms with Crippen LogP contribution < -0.4 is 4.90 Å². The summed E-state index contributed by atoms with van der Waals surface area (Å²) in [5, 5.41) is 5.07. The lowest BCUT2D eigenvalue weighted by molar-refractivity contribution is 1.28. The van der Waals surface area contributed by atoms with Crippen LogP contribution in [-0.4, -0.2) is 0 Å². The van der Waals surface area contributed by atoms with Crippen LogP contribution >= 0.6 is 0 Å². The Labute approximate surface area is 334 Å². The van der Waals surface area contributed by atoms with Gasteiger partial charge in [-0.1, -0.05) is 188 Å². The van der Waals surface area contributed by atoms with Crippen molar-refractivity contribution in [1.82, 2.24) is 0 Å². The molecule has 0 aliphatic rings. The maximum atomic E-state index is 2.38. The first kappa shape index (κ1) is 34.0. The summed E-state index contributed by atoms with van der Waals surface area (Å²) < 4.78 is 0. The molecule has 1 nitrogen and oxygen atoms in total. The Morgan fingerprint density at radius 1 is 0.211 bits per heavy atom. The van der Waals surface area contributed by atoms with Crippen LogP contribution in [0.25, 0.3) is 77.2 Å². The molecule has 0 aromatic heterocycles. The lowest BCUT2D eigenvalue weighted by atomic mass is 9.91. The third-order valence-electron chi connectivity index (χ3n) is 11.1. The fourth-order valence-corrected chi connectivity index (χ4v) is 8.24. The van der Waals surface area contributed by atoms with Crippen molar-refractivity contribution >= 4 is 38.6 Å². The molecule has 0 fully saturated rings. The second-order valence-electron chi connectivity index (χ2n) is 14.5. The van der Waals surface area contributed by atoms with E-state index >= 15 is 0 Å². The van der Waals surface area contributed by atoms with E-state index in [0.29, 0.717) is 0 Å². The lowest BCUT2D eigenvalue weighted by Gasteiger charge is -2.27. The molecule has 10 rings (SSSR count). The van der Waals surface area contributed by atoms with Gasteiger partial charge in [-0.25, -0.2) is 0 Å². The Balaban J connectivity index is 1.12. The lowest BCUT2D eigenvalue weighted by Crippen LogP contribution is -2.10. The Morgan fingerprint density at radius 3 is 1.33 bits per heavy atom. The van der Waals surface area contributed by atoms with E-state index in [4.69, 9.17) is 0 Å². The van der Waals surface area contributed by atoms with Gasteiger partial charge in [0.2, 0.25) is 0 Å². The number of anilines is 3. The molecule has 0 atom stereocenters. The minimum Gasteiger partial charge on any atom is -0.310 e. The van der Waals surface area contributed by atoms with Crippen molar-refractivity contribution in [3.8, 4) is 55.6 Å². The van der Waals surface area contributed by atoms with Crippen molar-refractivity contribution in [2.75, 3.05) is 4.90 Å². The van der Waals surface area contributed by atoms with Crippen molar-refractivity contribution in [2.24, 2.45) is 0 Å². The van der Waals surface area contributed by atoms with Crippen LogP contribution in [0, 0.1) is 0 Å². The van der Waals surface area contributed by atoms with E-state index in [-0.39, 0.29) is 0 Å². The van der Waals surface area contributed by atoms with Gasteiger partial charge >= 0.3 is 0 Å². The zero-order valence-electron chi connectivity index (χ0n) is 31.5. The summed E-state index contributed by atoms with van der Waals surface area (Å²) in [6, 6.07) is 85.6. The third kappa shape index (κ3) is 6.66. The second kappa shape index (κ2) is 15.0. The van der Waals surface area contributed by atoms with Crippen molar-refractivity contribution in [3.05, 3.63) is 237 Å². The van der Waals surface area contributed by atoms with Crippen LogP contribution in [-0.2, 0) is 0 Å². The van der Waals surface area contributed by atoms with E-state index < -0.39 is 0 Å². The van der Waals surface area contributed by atoms with Gasteiger partial charge in [0.25, 0.3) is 0 Å². The van der Waals surface area contributed by atoms with E-state index in [0.717, 1.165) is 17.1 Å². The molecule has 1 heteroatoms. The van der Waals surface area contributed by atoms with Crippen molar-refractivity contribution in [1.29, 1.82) is 0 Å². The molecule has 10 aromatic carbocycles. The fourth-order valence-electron chi connectivity index (χ4n) is 8.24. The molecule has 0 N–H and O–H groups in total. The first-order valence-electron chi connectivity index (χ1n) is 19.6. The maximum absolute atomic E-state index is 2.38. The number of hydrogen-bond acceptors (Lipinski definition) is 1. The number of rotatable bonds is 8. The van der Waals surface area contributed by atoms with Crippen LogP contribution in [0.15, 0.2) is 237 Å². The van der Waals surface area contributed by atoms with E-state index in [1.807, 2.05) is 0 Å². The SMILES string of the molecule is c1ccc(-c2ccc(N(c3ccc(-c4cc5ccccc5c5ccccc45)cc3)c3ccc(-c4cccc(-c5ccccc5)c4)c(-c4ccccc4)c3)cc2)cc1. The summed E-state index contributed by atoms with van der Waals surface area (Å²) in [5.41, 5.74) is 15.3. The molecular formula is C56H39N. The van der Waals surface area contributed by atoms with Gasteiger partial charge in [-0.2, -0.15) is 0 Å². The molecule has 0 unspecified atom stereocenters. The molecule has 0 spiro atoms. The monoisotopic (exact) mass is 725 g/mol. The zero-order valence-corrected chi connectivity index (χ0v) is 31.5. The fraction of sp³-hybridized carbons (Fsp3) is 0. The molecule has 0 aliphatic heterocycles. The molecule has 268 valence electrons. The van der Waals surface area contributed by atoms with Gasteiger partial charge in [0.1, 0.15) is 0 Å². The van der Waals surface area contributed by atoms with Gasteiger partial charge < -0.3 is 4.90 Å². The van der Waals surface area contributed by atoms with Crippen LogP contribution in [0.4, 0.5) is 17.1 Å². The highest BCUT2D eigenvalue weighted by atomic mass is 15.1. The van der Waals surface area contributed by atoms with Crippen molar-refractivity contribution in [3.63, 3.8) is 0 Å². The highest BCUT2D eigenvalue weighted by Gasteiger charge is 2.18. The molecule has 0 amide bonds. The molecule has 0 radical (unpaired) electrons. The molecule has 0 saturated heterocycles. The summed E-state index contributed by atoms with van der Waals surface area (Å²) in [5.74, 6) is 0. The van der Waals surface area contributed by atoms with Crippen LogP contribution in [0.5, 0.6) is 0 Å². The number of nitrogens with zero attached hydrogens (tertiary/aromatic N) is 1. The Bertz CT molecular complexity index is 2970. The van der Waals surface area contributed by atoms with Gasteiger partial charge in [-0.15, -0.1) is 0 Å². The summed E-state index contributed by atoms with van der Waals surface area (Å²) in [6.45, 7) is 0. The van der Waals surface area contributed by atoms with Crippen LogP contribution in [0.3, 0.4) is 0 Å². The maximum Gasteiger partial charge on any atom is 0.0468 e. The predicted octanol–water partition coefficient (Wildman–Crippen LogP) is 15.8. The van der Waals surface area contributed by atoms with Crippen LogP contribution in [0.1, 0.15) is 0 Å². The molecule has 0 aliphatic carbocycles. The largest absolute Gasteiger partial charge is 0.310 e. The molecule has 0 bridgehead atoms. The Morgan fingerprint density at radius 2 is 0.667 bits per heavy atom. The van der Waals surface area contributed by atoms with Crippen molar-refractivity contribution in [2.45, 2.75) is 0 Å².